The SMILES string of the molecule is Cc1ccccc1N1C(=O)C2C(c3ccccn3)NC(CO)(C(=O)O)C2C1=O. The van der Waals surface area contributed by atoms with E-state index in [4.69, 9.17) is 0 Å². The van der Waals surface area contributed by atoms with Gasteiger partial charge in [0.05, 0.1) is 35.9 Å². The first kappa shape index (κ1) is 18.3. The number of hydrogen-bond donors (Lipinski definition) is 3. The highest BCUT2D eigenvalue weighted by molar-refractivity contribution is 6.24. The van der Waals surface area contributed by atoms with E-state index >= 15 is 0 Å². The zero-order valence-corrected chi connectivity index (χ0v) is 15.1. The molecule has 0 bridgehead atoms. The van der Waals surface area contributed by atoms with Gasteiger partial charge in [0.25, 0.3) is 0 Å². The molecule has 4 rings (SSSR count). The molecule has 0 saturated carbocycles. The number of aliphatic carboxylic acids is 1. The summed E-state index contributed by atoms with van der Waals surface area (Å²) in [4.78, 5) is 44.0. The first-order chi connectivity index (χ1) is 13.4. The van der Waals surface area contributed by atoms with Gasteiger partial charge in [0.2, 0.25) is 11.8 Å². The van der Waals surface area contributed by atoms with Gasteiger partial charge in [0.1, 0.15) is 0 Å². The maximum absolute atomic E-state index is 13.3. The number of aryl methyl sites for hydroxylation is 1. The standard InChI is InChI=1S/C20H19N3O5/c1-11-6-2-3-8-13(11)23-17(25)14-15(18(23)26)20(10-24,19(27)28)22-16(14)12-7-4-5-9-21-12/h2-9,14-16,22,24H,10H2,1H3,(H,27,28). The largest absolute Gasteiger partial charge is 0.480 e. The van der Waals surface area contributed by atoms with E-state index in [9.17, 15) is 24.6 Å². The Morgan fingerprint density at radius 3 is 2.50 bits per heavy atom. The molecule has 0 aliphatic carbocycles. The normalized spacial score (nSPS) is 29.2. The summed E-state index contributed by atoms with van der Waals surface area (Å²) in [5.74, 6) is -4.73. The highest BCUT2D eigenvalue weighted by atomic mass is 16.4. The number of aliphatic hydroxyl groups is 1. The van der Waals surface area contributed by atoms with Crippen LogP contribution in [0.1, 0.15) is 17.3 Å². The van der Waals surface area contributed by atoms with E-state index in [1.165, 1.54) is 6.20 Å². The Morgan fingerprint density at radius 1 is 1.18 bits per heavy atom. The Morgan fingerprint density at radius 2 is 1.89 bits per heavy atom. The number of nitrogens with zero attached hydrogens (tertiary/aromatic N) is 2. The molecule has 2 amide bonds. The molecule has 1 aromatic carbocycles. The molecule has 0 spiro atoms. The first-order valence-corrected chi connectivity index (χ1v) is 8.88. The van der Waals surface area contributed by atoms with Crippen LogP contribution in [-0.2, 0) is 14.4 Å². The molecule has 2 fully saturated rings. The number of carbonyl (C=O) groups excluding carboxylic acids is 2. The number of carboxylic acid groups (broad SMARTS) is 1. The molecule has 3 heterocycles. The lowest BCUT2D eigenvalue weighted by atomic mass is 9.80. The maximum atomic E-state index is 13.3. The van der Waals surface area contributed by atoms with Gasteiger partial charge in [-0.05, 0) is 30.7 Å². The monoisotopic (exact) mass is 381 g/mol. The van der Waals surface area contributed by atoms with Crippen LogP contribution in [0.5, 0.6) is 0 Å². The molecule has 4 unspecified atom stereocenters. The molecule has 0 radical (unpaired) electrons. The minimum atomic E-state index is -1.96. The molecule has 8 heteroatoms. The van der Waals surface area contributed by atoms with Crippen molar-refractivity contribution in [1.82, 2.24) is 10.3 Å². The number of anilines is 1. The van der Waals surface area contributed by atoms with Crippen molar-refractivity contribution < 1.29 is 24.6 Å². The molecule has 2 saturated heterocycles. The van der Waals surface area contributed by atoms with Crippen LogP contribution >= 0.6 is 0 Å². The van der Waals surface area contributed by atoms with Crippen LogP contribution in [0.2, 0.25) is 0 Å². The fourth-order valence-electron chi connectivity index (χ4n) is 4.28. The third-order valence-corrected chi connectivity index (χ3v) is 5.65. The zero-order valence-electron chi connectivity index (χ0n) is 15.1. The minimum Gasteiger partial charge on any atom is -0.480 e. The molecule has 28 heavy (non-hydrogen) atoms. The van der Waals surface area contributed by atoms with Crippen molar-refractivity contribution in [3.05, 3.63) is 59.9 Å². The second kappa shape index (κ2) is 6.50. The lowest BCUT2D eigenvalue weighted by Gasteiger charge is -2.29. The smallest absolute Gasteiger partial charge is 0.327 e. The van der Waals surface area contributed by atoms with Crippen molar-refractivity contribution in [2.75, 3.05) is 11.5 Å². The highest BCUT2D eigenvalue weighted by Crippen LogP contribution is 2.49. The van der Waals surface area contributed by atoms with Gasteiger partial charge >= 0.3 is 5.97 Å². The molecular formula is C20H19N3O5. The number of amides is 2. The number of benzene rings is 1. The quantitative estimate of drug-likeness (QED) is 0.665. The summed E-state index contributed by atoms with van der Waals surface area (Å²) < 4.78 is 0. The average molecular weight is 381 g/mol. The van der Waals surface area contributed by atoms with Gasteiger partial charge in [-0.25, -0.2) is 4.90 Å². The first-order valence-electron chi connectivity index (χ1n) is 8.88. The fraction of sp³-hybridized carbons (Fsp3) is 0.300. The highest BCUT2D eigenvalue weighted by Gasteiger charge is 2.69. The molecule has 2 aliphatic rings. The van der Waals surface area contributed by atoms with Gasteiger partial charge in [0.15, 0.2) is 5.54 Å². The second-order valence-electron chi connectivity index (χ2n) is 7.11. The number of hydrogen-bond acceptors (Lipinski definition) is 6. The molecule has 8 nitrogen and oxygen atoms in total. The Bertz CT molecular complexity index is 963. The summed E-state index contributed by atoms with van der Waals surface area (Å²) in [7, 11) is 0. The van der Waals surface area contributed by atoms with Crippen LogP contribution in [0.3, 0.4) is 0 Å². The third-order valence-electron chi connectivity index (χ3n) is 5.65. The van der Waals surface area contributed by atoms with Gasteiger partial charge in [0, 0.05) is 6.20 Å². The van der Waals surface area contributed by atoms with Crippen molar-refractivity contribution in [2.24, 2.45) is 11.8 Å². The molecule has 2 aliphatic heterocycles. The average Bonchev–Trinajstić information content (AvgIpc) is 3.18. The number of aromatic nitrogens is 1. The molecule has 4 atom stereocenters. The van der Waals surface area contributed by atoms with Crippen molar-refractivity contribution in [1.29, 1.82) is 0 Å². The molecule has 144 valence electrons. The summed E-state index contributed by atoms with van der Waals surface area (Å²) >= 11 is 0. The number of nitrogens with one attached hydrogen (secondary N) is 1. The number of fused-ring (bicyclic) bond motifs is 1. The lowest BCUT2D eigenvalue weighted by Crippen LogP contribution is -2.58. The van der Waals surface area contributed by atoms with Crippen LogP contribution in [0.25, 0.3) is 0 Å². The maximum Gasteiger partial charge on any atom is 0.327 e. The molecule has 2 aromatic rings. The van der Waals surface area contributed by atoms with Crippen LogP contribution < -0.4 is 10.2 Å². The summed E-state index contributed by atoms with van der Waals surface area (Å²) in [6.07, 6.45) is 1.53. The number of pyridine rings is 1. The number of carboxylic acids is 1. The topological polar surface area (TPSA) is 120 Å². The lowest BCUT2D eigenvalue weighted by molar-refractivity contribution is -0.150. The van der Waals surface area contributed by atoms with Crippen molar-refractivity contribution in [3.63, 3.8) is 0 Å². The predicted octanol–water partition coefficient (Wildman–Crippen LogP) is 0.656. The summed E-state index contributed by atoms with van der Waals surface area (Å²) in [5.41, 5.74) is -0.376. The van der Waals surface area contributed by atoms with E-state index in [1.54, 1.807) is 49.4 Å². The van der Waals surface area contributed by atoms with E-state index in [1.807, 2.05) is 0 Å². The van der Waals surface area contributed by atoms with Gasteiger partial charge in [-0.15, -0.1) is 0 Å². The van der Waals surface area contributed by atoms with E-state index < -0.39 is 47.8 Å². The van der Waals surface area contributed by atoms with E-state index in [-0.39, 0.29) is 0 Å². The van der Waals surface area contributed by atoms with Gasteiger partial charge in [-0.3, -0.25) is 24.7 Å². The Labute approximate surface area is 160 Å². The van der Waals surface area contributed by atoms with E-state index in [2.05, 4.69) is 10.3 Å². The molecular weight excluding hydrogens is 362 g/mol. The van der Waals surface area contributed by atoms with Crippen molar-refractivity contribution >= 4 is 23.5 Å². The molecule has 1 aromatic heterocycles. The van der Waals surface area contributed by atoms with Crippen LogP contribution in [0.15, 0.2) is 48.7 Å². The summed E-state index contributed by atoms with van der Waals surface area (Å²) in [6.45, 7) is 0.947. The van der Waals surface area contributed by atoms with E-state index in [0.29, 0.717) is 11.4 Å². The van der Waals surface area contributed by atoms with Gasteiger partial charge in [-0.2, -0.15) is 0 Å². The predicted molar refractivity (Wildman–Crippen MR) is 98.2 cm³/mol. The summed E-state index contributed by atoms with van der Waals surface area (Å²) in [6, 6.07) is 11.2. The van der Waals surface area contributed by atoms with Crippen LogP contribution in [-0.4, -0.2) is 45.1 Å². The number of imide groups is 1. The number of para-hydroxylation sites is 1. The third kappa shape index (κ3) is 2.38. The molecule has 3 N–H and O–H groups in total. The Balaban J connectivity index is 1.87. The van der Waals surface area contributed by atoms with Crippen LogP contribution in [0.4, 0.5) is 5.69 Å². The van der Waals surface area contributed by atoms with E-state index in [0.717, 1.165) is 10.5 Å². The number of rotatable bonds is 4. The number of carbonyl (C=O) groups is 3. The van der Waals surface area contributed by atoms with Gasteiger partial charge in [-0.1, -0.05) is 24.3 Å². The Kier molecular flexibility index (Phi) is 4.24. The van der Waals surface area contributed by atoms with Gasteiger partial charge < -0.3 is 10.2 Å². The van der Waals surface area contributed by atoms with Crippen molar-refractivity contribution in [3.8, 4) is 0 Å². The summed E-state index contributed by atoms with van der Waals surface area (Å²) in [5, 5.41) is 22.7. The van der Waals surface area contributed by atoms with Crippen LogP contribution in [0, 0.1) is 18.8 Å². The minimum absolute atomic E-state index is 0.420. The second-order valence-corrected chi connectivity index (χ2v) is 7.11. The Hall–Kier alpha value is -3.10. The number of aliphatic hydroxyl groups excluding tert-OH is 1. The van der Waals surface area contributed by atoms with Crippen molar-refractivity contribution in [2.45, 2.75) is 18.5 Å². The zero-order chi connectivity index (χ0) is 20.1. The fourth-order valence-corrected chi connectivity index (χ4v) is 4.28.